The van der Waals surface area contributed by atoms with Gasteiger partial charge in [-0.3, -0.25) is 0 Å². The van der Waals surface area contributed by atoms with Crippen molar-refractivity contribution < 1.29 is 4.21 Å². The van der Waals surface area contributed by atoms with Gasteiger partial charge in [0.15, 0.2) is 0 Å². The molecule has 0 aliphatic carbocycles. The van der Waals surface area contributed by atoms with E-state index in [1.807, 2.05) is 9.71 Å². The second-order valence-corrected chi connectivity index (χ2v) is 8.34. The van der Waals surface area contributed by atoms with Gasteiger partial charge >= 0.3 is 0 Å². The Hall–Kier alpha value is -1.89. The molecule has 1 aromatic rings. The maximum absolute atomic E-state index is 11.5. The minimum Gasteiger partial charge on any atom is -0.352 e. The molecule has 1 atom stereocenters. The highest BCUT2D eigenvalue weighted by molar-refractivity contribution is 8.06. The van der Waals surface area contributed by atoms with E-state index in [4.69, 9.17) is 0 Å². The van der Waals surface area contributed by atoms with E-state index < -0.39 is 11.0 Å². The van der Waals surface area contributed by atoms with Gasteiger partial charge in [-0.15, -0.1) is 0 Å². The SMILES string of the molecule is CCC1=CS/C(=C(/C#N)c2ccnc(NC3CCN(S(C)=O)CC3)n2)N1. The molecule has 3 rings (SSSR count). The second kappa shape index (κ2) is 8.66. The largest absolute Gasteiger partial charge is 0.352 e. The van der Waals surface area contributed by atoms with E-state index >= 15 is 0 Å². The zero-order chi connectivity index (χ0) is 18.5. The van der Waals surface area contributed by atoms with E-state index in [-0.39, 0.29) is 6.04 Å². The van der Waals surface area contributed by atoms with Crippen LogP contribution in [0.25, 0.3) is 5.57 Å². The van der Waals surface area contributed by atoms with Gasteiger partial charge in [0.2, 0.25) is 5.95 Å². The van der Waals surface area contributed by atoms with Gasteiger partial charge < -0.3 is 10.6 Å². The zero-order valence-electron chi connectivity index (χ0n) is 14.9. The molecule has 2 aliphatic rings. The molecular formula is C17H22N6OS2. The molecule has 0 saturated carbocycles. The van der Waals surface area contributed by atoms with Crippen molar-refractivity contribution in [1.82, 2.24) is 19.6 Å². The first kappa shape index (κ1) is 18.9. The van der Waals surface area contributed by atoms with Gasteiger partial charge in [0.25, 0.3) is 0 Å². The van der Waals surface area contributed by atoms with Crippen LogP contribution in [0.15, 0.2) is 28.4 Å². The van der Waals surface area contributed by atoms with E-state index in [0.717, 1.165) is 43.1 Å². The van der Waals surface area contributed by atoms with E-state index in [1.54, 1.807) is 18.5 Å². The Balaban J connectivity index is 1.70. The summed E-state index contributed by atoms with van der Waals surface area (Å²) in [5, 5.41) is 19.1. The van der Waals surface area contributed by atoms with Crippen LogP contribution in [0.4, 0.5) is 5.95 Å². The van der Waals surface area contributed by atoms with Crippen molar-refractivity contribution in [3.8, 4) is 6.07 Å². The predicted molar refractivity (Wildman–Crippen MR) is 106 cm³/mol. The number of nitriles is 1. The Labute approximate surface area is 160 Å². The number of aromatic nitrogens is 2. The second-order valence-electron chi connectivity index (χ2n) is 6.09. The van der Waals surface area contributed by atoms with E-state index in [9.17, 15) is 9.47 Å². The molecule has 1 unspecified atom stereocenters. The summed E-state index contributed by atoms with van der Waals surface area (Å²) in [5.74, 6) is 0.526. The number of hydrogen-bond donors (Lipinski definition) is 2. The van der Waals surface area contributed by atoms with Crippen molar-refractivity contribution in [2.75, 3.05) is 24.7 Å². The lowest BCUT2D eigenvalue weighted by molar-refractivity contribution is 0.346. The summed E-state index contributed by atoms with van der Waals surface area (Å²) in [6, 6.07) is 4.26. The molecule has 0 bridgehead atoms. The molecule has 7 nitrogen and oxygen atoms in total. The fourth-order valence-corrected chi connectivity index (χ4v) is 4.53. The Bertz CT molecular complexity index is 793. The van der Waals surface area contributed by atoms with Crippen LogP contribution in [-0.2, 0) is 11.0 Å². The Morgan fingerprint density at radius 3 is 2.92 bits per heavy atom. The smallest absolute Gasteiger partial charge is 0.223 e. The topological polar surface area (TPSA) is 93.9 Å². The summed E-state index contributed by atoms with van der Waals surface area (Å²) >= 11 is 1.52. The minimum absolute atomic E-state index is 0.246. The highest BCUT2D eigenvalue weighted by atomic mass is 32.2. The van der Waals surface area contributed by atoms with Crippen LogP contribution in [-0.4, -0.2) is 43.9 Å². The number of allylic oxidation sites excluding steroid dienone is 2. The molecule has 0 aromatic carbocycles. The first-order valence-corrected chi connectivity index (χ1v) is 11.0. The van der Waals surface area contributed by atoms with Gasteiger partial charge in [-0.1, -0.05) is 18.7 Å². The van der Waals surface area contributed by atoms with Crippen LogP contribution in [0.3, 0.4) is 0 Å². The molecule has 9 heteroatoms. The summed E-state index contributed by atoms with van der Waals surface area (Å²) in [6.45, 7) is 3.65. The number of rotatable bonds is 5. The molecule has 1 fully saturated rings. The molecule has 1 saturated heterocycles. The molecule has 3 heterocycles. The molecule has 138 valence electrons. The predicted octanol–water partition coefficient (Wildman–Crippen LogP) is 2.43. The van der Waals surface area contributed by atoms with Crippen molar-refractivity contribution >= 4 is 34.3 Å². The van der Waals surface area contributed by atoms with Crippen LogP contribution in [0.1, 0.15) is 31.9 Å². The molecular weight excluding hydrogens is 368 g/mol. The molecule has 26 heavy (non-hydrogen) atoms. The number of hydrogen-bond acceptors (Lipinski definition) is 7. The van der Waals surface area contributed by atoms with Crippen molar-refractivity contribution in [3.63, 3.8) is 0 Å². The summed E-state index contributed by atoms with van der Waals surface area (Å²) < 4.78 is 13.5. The van der Waals surface area contributed by atoms with Crippen molar-refractivity contribution in [1.29, 1.82) is 5.26 Å². The highest BCUT2D eigenvalue weighted by Crippen LogP contribution is 2.31. The van der Waals surface area contributed by atoms with Crippen molar-refractivity contribution in [3.05, 3.63) is 34.1 Å². The van der Waals surface area contributed by atoms with E-state index in [1.165, 1.54) is 11.8 Å². The average Bonchev–Trinajstić information content (AvgIpc) is 3.12. The third kappa shape index (κ3) is 4.44. The Kier molecular flexibility index (Phi) is 6.29. The van der Waals surface area contributed by atoms with Gasteiger partial charge in [-0.2, -0.15) is 5.26 Å². The number of nitrogens with one attached hydrogen (secondary N) is 2. The zero-order valence-corrected chi connectivity index (χ0v) is 16.5. The summed E-state index contributed by atoms with van der Waals surface area (Å²) in [7, 11) is -0.912. The molecule has 1 aromatic heterocycles. The summed E-state index contributed by atoms with van der Waals surface area (Å²) in [5.41, 5.74) is 2.24. The Morgan fingerprint density at radius 2 is 2.31 bits per heavy atom. The molecule has 0 amide bonds. The molecule has 0 spiro atoms. The first-order chi connectivity index (χ1) is 12.6. The highest BCUT2D eigenvalue weighted by Gasteiger charge is 2.22. The van der Waals surface area contributed by atoms with Crippen LogP contribution >= 0.6 is 11.8 Å². The Morgan fingerprint density at radius 1 is 1.54 bits per heavy atom. The number of nitrogens with zero attached hydrogens (tertiary/aromatic N) is 4. The lowest BCUT2D eigenvalue weighted by Gasteiger charge is -2.30. The summed E-state index contributed by atoms with van der Waals surface area (Å²) in [4.78, 5) is 8.83. The van der Waals surface area contributed by atoms with Crippen molar-refractivity contribution in [2.45, 2.75) is 32.2 Å². The average molecular weight is 391 g/mol. The van der Waals surface area contributed by atoms with Crippen LogP contribution in [0.2, 0.25) is 0 Å². The standard InChI is InChI=1S/C17H22N6OS2/c1-3-12-11-25-16(20-12)14(10-18)15-4-7-19-17(22-15)21-13-5-8-23(9-6-13)26(2)24/h4,7,11,13,20H,3,5-6,8-9H2,1-2H3,(H,19,21,22)/b16-14-. The van der Waals surface area contributed by atoms with Crippen molar-refractivity contribution in [2.24, 2.45) is 0 Å². The first-order valence-electron chi connectivity index (χ1n) is 8.56. The maximum atomic E-state index is 11.5. The van der Waals surface area contributed by atoms with Crippen LogP contribution in [0, 0.1) is 11.3 Å². The van der Waals surface area contributed by atoms with Gasteiger partial charge in [-0.05, 0) is 30.7 Å². The molecule has 2 N–H and O–H groups in total. The van der Waals surface area contributed by atoms with Gasteiger partial charge in [0.1, 0.15) is 11.6 Å². The number of thioether (sulfide) groups is 1. The van der Waals surface area contributed by atoms with Gasteiger partial charge in [0.05, 0.1) is 21.7 Å². The molecule has 2 aliphatic heterocycles. The fraction of sp³-hybridized carbons (Fsp3) is 0.471. The lowest BCUT2D eigenvalue weighted by atomic mass is 10.1. The number of anilines is 1. The normalized spacial score (nSPS) is 21.5. The van der Waals surface area contributed by atoms with E-state index in [2.05, 4.69) is 33.6 Å². The summed E-state index contributed by atoms with van der Waals surface area (Å²) in [6.07, 6.45) is 6.06. The monoisotopic (exact) mass is 390 g/mol. The van der Waals surface area contributed by atoms with Gasteiger partial charge in [-0.25, -0.2) is 18.5 Å². The fourth-order valence-electron chi connectivity index (χ4n) is 2.86. The number of piperidine rings is 1. The maximum Gasteiger partial charge on any atom is 0.223 e. The quantitative estimate of drug-likeness (QED) is 0.746. The van der Waals surface area contributed by atoms with Crippen LogP contribution in [0.5, 0.6) is 0 Å². The van der Waals surface area contributed by atoms with E-state index in [0.29, 0.717) is 17.2 Å². The third-order valence-corrected chi connectivity index (χ3v) is 6.41. The lowest BCUT2D eigenvalue weighted by Crippen LogP contribution is -2.39. The minimum atomic E-state index is -0.912. The van der Waals surface area contributed by atoms with Crippen LogP contribution < -0.4 is 10.6 Å². The molecule has 0 radical (unpaired) electrons. The third-order valence-electron chi connectivity index (χ3n) is 4.38. The van der Waals surface area contributed by atoms with Gasteiger partial charge in [0, 0.05) is 37.3 Å².